The Hall–Kier alpha value is -2.51. The summed E-state index contributed by atoms with van der Waals surface area (Å²) >= 11 is 0. The van der Waals surface area contributed by atoms with Crippen LogP contribution in [0.2, 0.25) is 0 Å². The molecule has 0 saturated heterocycles. The Balaban J connectivity index is 2.29. The largest absolute Gasteiger partial charge is 0.416 e. The summed E-state index contributed by atoms with van der Waals surface area (Å²) in [7, 11) is 1.65. The number of aryl methyl sites for hydroxylation is 1. The lowest BCUT2D eigenvalue weighted by Crippen LogP contribution is -2.16. The Bertz CT molecular complexity index is 648. The van der Waals surface area contributed by atoms with Gasteiger partial charge in [0.05, 0.1) is 11.1 Å². The van der Waals surface area contributed by atoms with E-state index in [4.69, 9.17) is 5.73 Å². The summed E-state index contributed by atoms with van der Waals surface area (Å²) < 4.78 is 39.3. The number of hydrogen-bond acceptors (Lipinski definition) is 3. The van der Waals surface area contributed by atoms with Gasteiger partial charge in [-0.25, -0.2) is 0 Å². The van der Waals surface area contributed by atoms with Crippen molar-refractivity contribution >= 4 is 17.4 Å². The number of carbonyl (C=O) groups excluding carboxylic acids is 1. The highest BCUT2D eigenvalue weighted by atomic mass is 19.4. The van der Waals surface area contributed by atoms with Gasteiger partial charge in [0.1, 0.15) is 0 Å². The number of amides is 1. The molecule has 0 radical (unpaired) electrons. The van der Waals surface area contributed by atoms with E-state index in [9.17, 15) is 18.0 Å². The van der Waals surface area contributed by atoms with E-state index in [0.717, 1.165) is 12.1 Å². The predicted octanol–water partition coefficient (Wildman–Crippen LogP) is 2.27. The molecule has 8 heteroatoms. The molecule has 2 aromatic rings. The van der Waals surface area contributed by atoms with Crippen LogP contribution in [0.3, 0.4) is 0 Å². The van der Waals surface area contributed by atoms with E-state index in [1.807, 2.05) is 0 Å². The summed E-state index contributed by atoms with van der Waals surface area (Å²) in [5.41, 5.74) is 4.33. The molecule has 2 rings (SSSR count). The SMILES string of the molecule is Cn1ccc(NC(=O)c2cc(C(F)(F)F)ccc2N)n1. The zero-order chi connectivity index (χ0) is 14.9. The van der Waals surface area contributed by atoms with Crippen molar-refractivity contribution in [2.75, 3.05) is 11.1 Å². The van der Waals surface area contributed by atoms with Gasteiger partial charge in [0.15, 0.2) is 5.82 Å². The van der Waals surface area contributed by atoms with E-state index < -0.39 is 17.6 Å². The number of alkyl halides is 3. The van der Waals surface area contributed by atoms with Gasteiger partial charge in [0.25, 0.3) is 5.91 Å². The first-order valence-corrected chi connectivity index (χ1v) is 5.55. The molecule has 1 aromatic heterocycles. The Morgan fingerprint density at radius 3 is 2.60 bits per heavy atom. The van der Waals surface area contributed by atoms with Crippen LogP contribution in [0, 0.1) is 0 Å². The van der Waals surface area contributed by atoms with Crippen molar-refractivity contribution in [2.45, 2.75) is 6.18 Å². The second-order valence-electron chi connectivity index (χ2n) is 4.13. The lowest BCUT2D eigenvalue weighted by Gasteiger charge is -2.10. The van der Waals surface area contributed by atoms with Gasteiger partial charge < -0.3 is 11.1 Å². The monoisotopic (exact) mass is 284 g/mol. The first-order chi connectivity index (χ1) is 9.27. The number of halogens is 3. The summed E-state index contributed by atoms with van der Waals surface area (Å²) in [6.07, 6.45) is -2.95. The fraction of sp³-hybridized carbons (Fsp3) is 0.167. The number of aromatic nitrogens is 2. The van der Waals surface area contributed by atoms with E-state index in [-0.39, 0.29) is 17.1 Å². The maximum Gasteiger partial charge on any atom is 0.416 e. The Labute approximate surface area is 112 Å². The van der Waals surface area contributed by atoms with E-state index in [2.05, 4.69) is 10.4 Å². The predicted molar refractivity (Wildman–Crippen MR) is 67.0 cm³/mol. The van der Waals surface area contributed by atoms with Crippen LogP contribution >= 0.6 is 0 Å². The first-order valence-electron chi connectivity index (χ1n) is 5.55. The molecule has 0 atom stereocenters. The normalized spacial score (nSPS) is 11.4. The first kappa shape index (κ1) is 13.9. The molecular formula is C12H11F3N4O. The van der Waals surface area contributed by atoms with Gasteiger partial charge >= 0.3 is 6.18 Å². The maximum absolute atomic E-state index is 12.6. The van der Waals surface area contributed by atoms with Gasteiger partial charge in [0.2, 0.25) is 0 Å². The van der Waals surface area contributed by atoms with Gasteiger partial charge in [-0.1, -0.05) is 0 Å². The number of nitrogens with one attached hydrogen (secondary N) is 1. The Morgan fingerprint density at radius 2 is 2.05 bits per heavy atom. The summed E-state index contributed by atoms with van der Waals surface area (Å²) in [6, 6.07) is 4.11. The van der Waals surface area contributed by atoms with Crippen molar-refractivity contribution in [3.8, 4) is 0 Å². The number of rotatable bonds is 2. The maximum atomic E-state index is 12.6. The highest BCUT2D eigenvalue weighted by molar-refractivity contribution is 6.07. The minimum atomic E-state index is -4.53. The smallest absolute Gasteiger partial charge is 0.398 e. The number of benzene rings is 1. The molecule has 0 aliphatic heterocycles. The highest BCUT2D eigenvalue weighted by Gasteiger charge is 2.31. The summed E-state index contributed by atoms with van der Waals surface area (Å²) in [4.78, 5) is 11.9. The van der Waals surface area contributed by atoms with Crippen molar-refractivity contribution in [2.24, 2.45) is 7.05 Å². The van der Waals surface area contributed by atoms with Crippen molar-refractivity contribution in [3.05, 3.63) is 41.6 Å². The fourth-order valence-corrected chi connectivity index (χ4v) is 1.59. The quantitative estimate of drug-likeness (QED) is 0.831. The topological polar surface area (TPSA) is 72.9 Å². The molecule has 1 heterocycles. The minimum Gasteiger partial charge on any atom is -0.398 e. The van der Waals surface area contributed by atoms with E-state index in [0.29, 0.717) is 6.07 Å². The third-order valence-electron chi connectivity index (χ3n) is 2.58. The van der Waals surface area contributed by atoms with Gasteiger partial charge in [-0.3, -0.25) is 9.48 Å². The Kier molecular flexibility index (Phi) is 3.39. The van der Waals surface area contributed by atoms with Gasteiger partial charge in [-0.05, 0) is 18.2 Å². The zero-order valence-corrected chi connectivity index (χ0v) is 10.4. The van der Waals surface area contributed by atoms with E-state index in [1.54, 1.807) is 13.2 Å². The van der Waals surface area contributed by atoms with Crippen molar-refractivity contribution in [1.82, 2.24) is 9.78 Å². The summed E-state index contributed by atoms with van der Waals surface area (Å²) in [5, 5.41) is 6.28. The Morgan fingerprint density at radius 1 is 1.35 bits per heavy atom. The lowest BCUT2D eigenvalue weighted by atomic mass is 10.1. The van der Waals surface area contributed by atoms with Crippen LogP contribution in [-0.2, 0) is 13.2 Å². The van der Waals surface area contributed by atoms with Crippen LogP contribution in [0.1, 0.15) is 15.9 Å². The van der Waals surface area contributed by atoms with Gasteiger partial charge in [0, 0.05) is 25.0 Å². The third-order valence-corrected chi connectivity index (χ3v) is 2.58. The molecule has 0 spiro atoms. The number of nitrogens with two attached hydrogens (primary N) is 1. The standard InChI is InChI=1S/C12H11F3N4O/c1-19-5-4-10(18-19)17-11(20)8-6-7(12(13,14)15)2-3-9(8)16/h2-6H,16H2,1H3,(H,17,18,20). The van der Waals surface area contributed by atoms with Crippen LogP contribution in [0.25, 0.3) is 0 Å². The van der Waals surface area contributed by atoms with Crippen molar-refractivity contribution < 1.29 is 18.0 Å². The lowest BCUT2D eigenvalue weighted by molar-refractivity contribution is -0.137. The molecule has 0 saturated carbocycles. The van der Waals surface area contributed by atoms with Gasteiger partial charge in [-0.2, -0.15) is 18.3 Å². The molecule has 3 N–H and O–H groups in total. The minimum absolute atomic E-state index is 0.0357. The van der Waals surface area contributed by atoms with Crippen molar-refractivity contribution in [3.63, 3.8) is 0 Å². The van der Waals surface area contributed by atoms with Crippen molar-refractivity contribution in [1.29, 1.82) is 0 Å². The second kappa shape index (κ2) is 4.87. The van der Waals surface area contributed by atoms with Gasteiger partial charge in [-0.15, -0.1) is 0 Å². The summed E-state index contributed by atoms with van der Waals surface area (Å²) in [6.45, 7) is 0. The fourth-order valence-electron chi connectivity index (χ4n) is 1.59. The van der Waals surface area contributed by atoms with Crippen LogP contribution in [0.5, 0.6) is 0 Å². The van der Waals surface area contributed by atoms with Crippen LogP contribution in [-0.4, -0.2) is 15.7 Å². The van der Waals surface area contributed by atoms with E-state index in [1.165, 1.54) is 10.7 Å². The average Bonchev–Trinajstić information content (AvgIpc) is 2.73. The molecule has 0 aliphatic carbocycles. The molecular weight excluding hydrogens is 273 g/mol. The molecule has 5 nitrogen and oxygen atoms in total. The average molecular weight is 284 g/mol. The third kappa shape index (κ3) is 2.90. The molecule has 0 fully saturated rings. The van der Waals surface area contributed by atoms with Crippen LogP contribution in [0.4, 0.5) is 24.7 Å². The molecule has 0 bridgehead atoms. The highest BCUT2D eigenvalue weighted by Crippen LogP contribution is 2.31. The molecule has 0 unspecified atom stereocenters. The van der Waals surface area contributed by atoms with Crippen LogP contribution in [0.15, 0.2) is 30.5 Å². The zero-order valence-electron chi connectivity index (χ0n) is 10.4. The van der Waals surface area contributed by atoms with E-state index >= 15 is 0 Å². The number of carbonyl (C=O) groups is 1. The molecule has 0 aliphatic rings. The summed E-state index contributed by atoms with van der Waals surface area (Å²) in [5.74, 6) is -0.512. The molecule has 20 heavy (non-hydrogen) atoms. The van der Waals surface area contributed by atoms with Crippen LogP contribution < -0.4 is 11.1 Å². The molecule has 1 aromatic carbocycles. The number of hydrogen-bond donors (Lipinski definition) is 2. The number of nitrogen functional groups attached to an aromatic ring is 1. The number of nitrogens with zero attached hydrogens (tertiary/aromatic N) is 2. The number of anilines is 2. The second-order valence-corrected chi connectivity index (χ2v) is 4.13. The molecule has 1 amide bonds. The molecule has 106 valence electrons.